The van der Waals surface area contributed by atoms with E-state index in [1.807, 2.05) is 0 Å². The first-order chi connectivity index (χ1) is 6.75. The zero-order valence-electron chi connectivity index (χ0n) is 9.42. The number of likely N-dealkylation sites (tertiary alicyclic amines) is 1. The van der Waals surface area contributed by atoms with Crippen LogP contribution in [0.25, 0.3) is 0 Å². The van der Waals surface area contributed by atoms with Gasteiger partial charge >= 0.3 is 0 Å². The van der Waals surface area contributed by atoms with Gasteiger partial charge < -0.3 is 4.90 Å². The van der Waals surface area contributed by atoms with Crippen LogP contribution < -0.4 is 0 Å². The molecule has 1 heteroatoms. The van der Waals surface area contributed by atoms with Gasteiger partial charge in [-0.05, 0) is 58.7 Å². The largest absolute Gasteiger partial charge is 0.306 e. The van der Waals surface area contributed by atoms with Crippen molar-refractivity contribution in [2.45, 2.75) is 32.6 Å². The summed E-state index contributed by atoms with van der Waals surface area (Å²) in [5, 5.41) is 0. The molecule has 0 amide bonds. The lowest BCUT2D eigenvalue weighted by atomic mass is 9.84. The summed E-state index contributed by atoms with van der Waals surface area (Å²) in [7, 11) is 2.23. The topological polar surface area (TPSA) is 3.24 Å². The highest BCUT2D eigenvalue weighted by molar-refractivity contribution is 5.24. The van der Waals surface area contributed by atoms with Gasteiger partial charge in [0.2, 0.25) is 0 Å². The maximum absolute atomic E-state index is 2.45. The van der Waals surface area contributed by atoms with E-state index in [1.54, 1.807) is 11.1 Å². The van der Waals surface area contributed by atoms with Crippen molar-refractivity contribution in [1.82, 2.24) is 4.90 Å². The molecule has 0 aromatic rings. The molecule has 0 spiro atoms. The first-order valence-corrected chi connectivity index (χ1v) is 5.80. The number of nitrogens with zero attached hydrogens (tertiary/aromatic N) is 1. The van der Waals surface area contributed by atoms with Crippen LogP contribution in [0.15, 0.2) is 23.3 Å². The van der Waals surface area contributed by atoms with Gasteiger partial charge in [0.15, 0.2) is 0 Å². The molecule has 1 saturated heterocycles. The summed E-state index contributed by atoms with van der Waals surface area (Å²) >= 11 is 0. The zero-order valence-corrected chi connectivity index (χ0v) is 9.42. The second-order valence-electron chi connectivity index (χ2n) is 4.83. The van der Waals surface area contributed by atoms with Crippen LogP contribution in [0.4, 0.5) is 0 Å². The van der Waals surface area contributed by atoms with E-state index >= 15 is 0 Å². The van der Waals surface area contributed by atoms with Crippen molar-refractivity contribution in [3.8, 4) is 0 Å². The molecule has 14 heavy (non-hydrogen) atoms. The average molecular weight is 191 g/mol. The Morgan fingerprint density at radius 3 is 2.43 bits per heavy atom. The van der Waals surface area contributed by atoms with E-state index in [0.29, 0.717) is 0 Å². The van der Waals surface area contributed by atoms with Crippen LogP contribution in [0.3, 0.4) is 0 Å². The molecular weight excluding hydrogens is 170 g/mol. The molecule has 1 aliphatic heterocycles. The Balaban J connectivity index is 1.96. The van der Waals surface area contributed by atoms with Gasteiger partial charge in [0.05, 0.1) is 0 Å². The van der Waals surface area contributed by atoms with E-state index in [0.717, 1.165) is 5.92 Å². The van der Waals surface area contributed by atoms with Crippen molar-refractivity contribution in [2.24, 2.45) is 5.92 Å². The highest BCUT2D eigenvalue weighted by Gasteiger charge is 2.20. The van der Waals surface area contributed by atoms with Gasteiger partial charge in [-0.15, -0.1) is 0 Å². The van der Waals surface area contributed by atoms with E-state index in [2.05, 4.69) is 31.0 Å². The van der Waals surface area contributed by atoms with Gasteiger partial charge in [-0.1, -0.05) is 23.3 Å². The van der Waals surface area contributed by atoms with Crippen molar-refractivity contribution >= 4 is 0 Å². The molecule has 0 aromatic carbocycles. The Hall–Kier alpha value is -0.560. The lowest BCUT2D eigenvalue weighted by molar-refractivity contribution is 0.235. The molecule has 0 aromatic heterocycles. The number of hydrogen-bond acceptors (Lipinski definition) is 1. The van der Waals surface area contributed by atoms with Gasteiger partial charge in [-0.3, -0.25) is 0 Å². The van der Waals surface area contributed by atoms with E-state index < -0.39 is 0 Å². The maximum Gasteiger partial charge on any atom is -0.00161 e. The summed E-state index contributed by atoms with van der Waals surface area (Å²) in [5.74, 6) is 0.885. The SMILES string of the molecule is CC1=CC=C(C2CCN(C)CC2)CC1. The molecule has 0 N–H and O–H groups in total. The lowest BCUT2D eigenvalue weighted by Gasteiger charge is -2.31. The molecule has 0 saturated carbocycles. The van der Waals surface area contributed by atoms with E-state index in [-0.39, 0.29) is 0 Å². The van der Waals surface area contributed by atoms with Crippen molar-refractivity contribution in [3.63, 3.8) is 0 Å². The minimum absolute atomic E-state index is 0.885. The minimum Gasteiger partial charge on any atom is -0.306 e. The third-order valence-corrected chi connectivity index (χ3v) is 3.63. The molecule has 2 rings (SSSR count). The minimum atomic E-state index is 0.885. The zero-order chi connectivity index (χ0) is 9.97. The second kappa shape index (κ2) is 4.31. The van der Waals surface area contributed by atoms with Crippen molar-refractivity contribution in [2.75, 3.05) is 20.1 Å². The molecule has 1 aliphatic carbocycles. The molecule has 78 valence electrons. The summed E-state index contributed by atoms with van der Waals surface area (Å²) in [6.07, 6.45) is 10.0. The first-order valence-electron chi connectivity index (χ1n) is 5.80. The first kappa shape index (κ1) is 9.97. The van der Waals surface area contributed by atoms with Crippen LogP contribution in [0.1, 0.15) is 32.6 Å². The van der Waals surface area contributed by atoms with Gasteiger partial charge in [-0.2, -0.15) is 0 Å². The second-order valence-corrected chi connectivity index (χ2v) is 4.83. The number of piperidine rings is 1. The normalized spacial score (nSPS) is 25.9. The van der Waals surface area contributed by atoms with E-state index in [4.69, 9.17) is 0 Å². The van der Waals surface area contributed by atoms with Crippen molar-refractivity contribution in [1.29, 1.82) is 0 Å². The molecule has 0 unspecified atom stereocenters. The molecule has 1 fully saturated rings. The molecule has 1 heterocycles. The molecule has 0 atom stereocenters. The summed E-state index contributed by atoms with van der Waals surface area (Å²) < 4.78 is 0. The highest BCUT2D eigenvalue weighted by atomic mass is 15.1. The van der Waals surface area contributed by atoms with Crippen LogP contribution in [0.2, 0.25) is 0 Å². The standard InChI is InChI=1S/C13H21N/c1-11-3-5-12(6-4-11)13-7-9-14(2)10-8-13/h3,5,13H,4,6-10H2,1-2H3. The molecule has 0 radical (unpaired) electrons. The molecule has 1 nitrogen and oxygen atoms in total. The van der Waals surface area contributed by atoms with Crippen molar-refractivity contribution < 1.29 is 0 Å². The highest BCUT2D eigenvalue weighted by Crippen LogP contribution is 2.30. The van der Waals surface area contributed by atoms with Crippen LogP contribution in [-0.2, 0) is 0 Å². The van der Waals surface area contributed by atoms with Gasteiger partial charge in [0.1, 0.15) is 0 Å². The van der Waals surface area contributed by atoms with E-state index in [9.17, 15) is 0 Å². The fourth-order valence-corrected chi connectivity index (χ4v) is 2.48. The van der Waals surface area contributed by atoms with Crippen LogP contribution in [0, 0.1) is 5.92 Å². The number of hydrogen-bond donors (Lipinski definition) is 0. The third kappa shape index (κ3) is 2.27. The Bertz CT molecular complexity index is 254. The van der Waals surface area contributed by atoms with Crippen LogP contribution in [0.5, 0.6) is 0 Å². The molecule has 2 aliphatic rings. The van der Waals surface area contributed by atoms with Gasteiger partial charge in [0, 0.05) is 0 Å². The Labute approximate surface area is 87.5 Å². The Morgan fingerprint density at radius 1 is 1.14 bits per heavy atom. The fourth-order valence-electron chi connectivity index (χ4n) is 2.48. The van der Waals surface area contributed by atoms with Crippen LogP contribution >= 0.6 is 0 Å². The predicted octanol–water partition coefficient (Wildman–Crippen LogP) is 2.99. The summed E-state index contributed by atoms with van der Waals surface area (Å²) in [4.78, 5) is 2.45. The van der Waals surface area contributed by atoms with Gasteiger partial charge in [-0.25, -0.2) is 0 Å². The maximum atomic E-state index is 2.45. The van der Waals surface area contributed by atoms with E-state index in [1.165, 1.54) is 38.8 Å². The molecule has 0 bridgehead atoms. The van der Waals surface area contributed by atoms with Crippen molar-refractivity contribution in [3.05, 3.63) is 23.3 Å². The quantitative estimate of drug-likeness (QED) is 0.616. The summed E-state index contributed by atoms with van der Waals surface area (Å²) in [6.45, 7) is 4.80. The fraction of sp³-hybridized carbons (Fsp3) is 0.692. The Kier molecular flexibility index (Phi) is 3.07. The number of allylic oxidation sites excluding steroid dienone is 4. The monoisotopic (exact) mass is 191 g/mol. The smallest absolute Gasteiger partial charge is 0.00161 e. The lowest BCUT2D eigenvalue weighted by Crippen LogP contribution is -2.31. The molecular formula is C13H21N. The third-order valence-electron chi connectivity index (χ3n) is 3.63. The average Bonchev–Trinajstić information content (AvgIpc) is 2.21. The summed E-state index contributed by atoms with van der Waals surface area (Å²) in [6, 6.07) is 0. The predicted molar refractivity (Wildman–Crippen MR) is 61.3 cm³/mol. The summed E-state index contributed by atoms with van der Waals surface area (Å²) in [5.41, 5.74) is 3.25. The van der Waals surface area contributed by atoms with Crippen LogP contribution in [-0.4, -0.2) is 25.0 Å². The number of rotatable bonds is 1. The van der Waals surface area contributed by atoms with Gasteiger partial charge in [0.25, 0.3) is 0 Å². The Morgan fingerprint density at radius 2 is 1.86 bits per heavy atom.